The van der Waals surface area contributed by atoms with E-state index in [4.69, 9.17) is 4.74 Å². The Labute approximate surface area is 147 Å². The molecule has 1 aromatic heterocycles. The number of carbonyl (C=O) groups excluding carboxylic acids is 1. The summed E-state index contributed by atoms with van der Waals surface area (Å²) in [6.45, 7) is 1.57. The van der Waals surface area contributed by atoms with E-state index in [9.17, 15) is 4.79 Å². The number of amides is 1. The minimum Gasteiger partial charge on any atom is -0.497 e. The maximum absolute atomic E-state index is 12.6. The van der Waals surface area contributed by atoms with E-state index < -0.39 is 0 Å². The zero-order chi connectivity index (χ0) is 17.2. The molecule has 1 aliphatic carbocycles. The molecule has 0 unspecified atom stereocenters. The van der Waals surface area contributed by atoms with E-state index in [0.717, 1.165) is 48.9 Å². The third kappa shape index (κ3) is 3.67. The Balaban J connectivity index is 1.32. The molecule has 2 aromatic rings. The maximum Gasteiger partial charge on any atom is 0.226 e. The number of ether oxygens (including phenoxy) is 1. The van der Waals surface area contributed by atoms with Crippen LogP contribution in [0.25, 0.3) is 0 Å². The number of hydrogen-bond acceptors (Lipinski definition) is 4. The summed E-state index contributed by atoms with van der Waals surface area (Å²) in [7, 11) is 1.64. The lowest BCUT2D eigenvalue weighted by Gasteiger charge is -2.31. The van der Waals surface area contributed by atoms with Gasteiger partial charge in [0.1, 0.15) is 11.6 Å². The van der Waals surface area contributed by atoms with Crippen molar-refractivity contribution in [1.82, 2.24) is 20.1 Å². The van der Waals surface area contributed by atoms with Crippen molar-refractivity contribution >= 4 is 5.91 Å². The second-order valence-electron chi connectivity index (χ2n) is 7.04. The molecule has 1 N–H and O–H groups in total. The first-order valence-corrected chi connectivity index (χ1v) is 9.06. The van der Waals surface area contributed by atoms with Crippen molar-refractivity contribution in [2.24, 2.45) is 0 Å². The number of piperidine rings is 1. The van der Waals surface area contributed by atoms with Gasteiger partial charge in [0.2, 0.25) is 5.91 Å². The molecule has 132 valence electrons. The highest BCUT2D eigenvalue weighted by Gasteiger charge is 2.30. The molecule has 4 rings (SSSR count). The lowest BCUT2D eigenvalue weighted by molar-refractivity contribution is -0.131. The molecule has 1 aliphatic heterocycles. The number of nitrogens with zero attached hydrogens (tertiary/aromatic N) is 3. The van der Waals surface area contributed by atoms with Crippen molar-refractivity contribution in [3.63, 3.8) is 0 Å². The van der Waals surface area contributed by atoms with Crippen LogP contribution in [0.15, 0.2) is 24.3 Å². The third-order valence-corrected chi connectivity index (χ3v) is 5.19. The molecule has 6 heteroatoms. The summed E-state index contributed by atoms with van der Waals surface area (Å²) in [4.78, 5) is 19.2. The quantitative estimate of drug-likeness (QED) is 0.908. The fraction of sp³-hybridized carbons (Fsp3) is 0.526. The largest absolute Gasteiger partial charge is 0.497 e. The van der Waals surface area contributed by atoms with Crippen LogP contribution in [0.3, 0.4) is 0 Å². The van der Waals surface area contributed by atoms with Crippen molar-refractivity contribution in [3.05, 3.63) is 41.5 Å². The molecule has 1 saturated heterocycles. The molecule has 0 radical (unpaired) electrons. The number of nitrogens with one attached hydrogen (secondary N) is 1. The molecular formula is C19H24N4O2. The van der Waals surface area contributed by atoms with Crippen LogP contribution in [0.2, 0.25) is 0 Å². The molecule has 0 spiro atoms. The topological polar surface area (TPSA) is 71.1 Å². The van der Waals surface area contributed by atoms with Gasteiger partial charge in [-0.15, -0.1) is 0 Å². The normalized spacial score (nSPS) is 18.4. The number of hydrogen-bond donors (Lipinski definition) is 1. The first kappa shape index (κ1) is 16.1. The molecule has 0 bridgehead atoms. The van der Waals surface area contributed by atoms with E-state index >= 15 is 0 Å². The Kier molecular flexibility index (Phi) is 4.42. The minimum atomic E-state index is 0.183. The molecule has 2 aliphatic rings. The second kappa shape index (κ2) is 6.86. The molecule has 6 nitrogen and oxygen atoms in total. The van der Waals surface area contributed by atoms with Gasteiger partial charge in [-0.3, -0.25) is 9.89 Å². The molecule has 25 heavy (non-hydrogen) atoms. The lowest BCUT2D eigenvalue weighted by atomic mass is 9.95. The Bertz CT molecular complexity index is 745. The van der Waals surface area contributed by atoms with Crippen LogP contribution in [0.1, 0.15) is 54.7 Å². The van der Waals surface area contributed by atoms with E-state index in [-0.39, 0.29) is 5.91 Å². The number of aromatic amines is 1. The maximum atomic E-state index is 12.6. The number of likely N-dealkylation sites (tertiary alicyclic amines) is 1. The zero-order valence-corrected chi connectivity index (χ0v) is 14.6. The standard InChI is InChI=1S/C19H24N4O2/c1-25-16-4-2-3-13(11-16)12-17(24)23-9-7-15(8-10-23)19-20-18(21-22-19)14-5-6-14/h2-4,11,14-15H,5-10,12H2,1H3,(H,20,21,22). The van der Waals surface area contributed by atoms with Gasteiger partial charge in [0.15, 0.2) is 5.82 Å². The Morgan fingerprint density at radius 2 is 2.04 bits per heavy atom. The van der Waals surface area contributed by atoms with Gasteiger partial charge >= 0.3 is 0 Å². The average molecular weight is 340 g/mol. The fourth-order valence-corrected chi connectivity index (χ4v) is 3.47. The average Bonchev–Trinajstić information content (AvgIpc) is 3.39. The van der Waals surface area contributed by atoms with Crippen molar-refractivity contribution in [1.29, 1.82) is 0 Å². The first-order valence-electron chi connectivity index (χ1n) is 9.06. The van der Waals surface area contributed by atoms with E-state index in [0.29, 0.717) is 18.3 Å². The number of rotatable bonds is 5. The van der Waals surface area contributed by atoms with Gasteiger partial charge in [-0.25, -0.2) is 4.98 Å². The van der Waals surface area contributed by atoms with E-state index in [2.05, 4.69) is 15.2 Å². The zero-order valence-electron chi connectivity index (χ0n) is 14.6. The number of carbonyl (C=O) groups is 1. The number of methoxy groups -OCH3 is 1. The van der Waals surface area contributed by atoms with Gasteiger partial charge in [-0.2, -0.15) is 5.10 Å². The van der Waals surface area contributed by atoms with Gasteiger partial charge in [0, 0.05) is 24.9 Å². The van der Waals surface area contributed by atoms with Gasteiger partial charge in [-0.05, 0) is 43.4 Å². The van der Waals surface area contributed by atoms with Crippen molar-refractivity contribution in [3.8, 4) is 5.75 Å². The van der Waals surface area contributed by atoms with E-state index in [1.807, 2.05) is 29.2 Å². The van der Waals surface area contributed by atoms with Gasteiger partial charge in [0.05, 0.1) is 13.5 Å². The highest BCUT2D eigenvalue weighted by Crippen LogP contribution is 2.38. The van der Waals surface area contributed by atoms with Crippen molar-refractivity contribution in [2.75, 3.05) is 20.2 Å². The molecule has 1 saturated carbocycles. The highest BCUT2D eigenvalue weighted by molar-refractivity contribution is 5.79. The van der Waals surface area contributed by atoms with Gasteiger partial charge in [-0.1, -0.05) is 12.1 Å². The molecule has 2 heterocycles. The molecule has 2 fully saturated rings. The summed E-state index contributed by atoms with van der Waals surface area (Å²) in [6.07, 6.45) is 4.76. The monoisotopic (exact) mass is 340 g/mol. The van der Waals surface area contributed by atoms with Crippen LogP contribution in [-0.2, 0) is 11.2 Å². The molecule has 0 atom stereocenters. The van der Waals surface area contributed by atoms with Crippen LogP contribution >= 0.6 is 0 Å². The summed E-state index contributed by atoms with van der Waals surface area (Å²) in [5.41, 5.74) is 0.996. The number of aromatic nitrogens is 3. The molecule has 1 aromatic carbocycles. The number of H-pyrrole nitrogens is 1. The predicted octanol–water partition coefficient (Wildman–Crippen LogP) is 2.64. The SMILES string of the molecule is COc1cccc(CC(=O)N2CCC(c3nc(C4CC4)n[nH]3)CC2)c1. The lowest BCUT2D eigenvalue weighted by Crippen LogP contribution is -2.39. The summed E-state index contributed by atoms with van der Waals surface area (Å²) in [5.74, 6) is 3.92. The van der Waals surface area contributed by atoms with Crippen LogP contribution in [0, 0.1) is 0 Å². The second-order valence-corrected chi connectivity index (χ2v) is 7.04. The first-order chi connectivity index (χ1) is 12.2. The molecule has 1 amide bonds. The smallest absolute Gasteiger partial charge is 0.226 e. The predicted molar refractivity (Wildman–Crippen MR) is 93.6 cm³/mol. The van der Waals surface area contributed by atoms with Crippen LogP contribution in [-0.4, -0.2) is 46.2 Å². The van der Waals surface area contributed by atoms with Crippen molar-refractivity contribution in [2.45, 2.75) is 43.9 Å². The third-order valence-electron chi connectivity index (χ3n) is 5.19. The van der Waals surface area contributed by atoms with Gasteiger partial charge < -0.3 is 9.64 Å². The molecular weight excluding hydrogens is 316 g/mol. The summed E-state index contributed by atoms with van der Waals surface area (Å²) in [5, 5.41) is 7.47. The van der Waals surface area contributed by atoms with Crippen LogP contribution in [0.5, 0.6) is 5.75 Å². The van der Waals surface area contributed by atoms with Crippen LogP contribution < -0.4 is 4.74 Å². The van der Waals surface area contributed by atoms with Crippen molar-refractivity contribution < 1.29 is 9.53 Å². The fourth-order valence-electron chi connectivity index (χ4n) is 3.47. The minimum absolute atomic E-state index is 0.183. The summed E-state index contributed by atoms with van der Waals surface area (Å²) in [6, 6.07) is 7.72. The van der Waals surface area contributed by atoms with Gasteiger partial charge in [0.25, 0.3) is 0 Å². The summed E-state index contributed by atoms with van der Waals surface area (Å²) < 4.78 is 5.23. The Morgan fingerprint density at radius 1 is 1.24 bits per heavy atom. The Morgan fingerprint density at radius 3 is 2.76 bits per heavy atom. The summed E-state index contributed by atoms with van der Waals surface area (Å²) >= 11 is 0. The number of benzene rings is 1. The highest BCUT2D eigenvalue weighted by atomic mass is 16.5. The Hall–Kier alpha value is -2.37. The van der Waals surface area contributed by atoms with E-state index in [1.165, 1.54) is 12.8 Å². The van der Waals surface area contributed by atoms with E-state index in [1.54, 1.807) is 7.11 Å². The van der Waals surface area contributed by atoms with Crippen LogP contribution in [0.4, 0.5) is 0 Å².